The van der Waals surface area contributed by atoms with Crippen molar-refractivity contribution in [3.05, 3.63) is 71.8 Å². The van der Waals surface area contributed by atoms with E-state index < -0.39 is 0 Å². The third-order valence-corrected chi connectivity index (χ3v) is 3.96. The van der Waals surface area contributed by atoms with Gasteiger partial charge in [0.2, 0.25) is 0 Å². The summed E-state index contributed by atoms with van der Waals surface area (Å²) in [5.74, 6) is 1.79. The SMILES string of the molecule is Fc1ccccc1CSCc1nnnn1-c1ccccc1. The molecule has 0 aliphatic rings. The van der Waals surface area contributed by atoms with Gasteiger partial charge in [-0.1, -0.05) is 36.4 Å². The molecule has 1 aromatic heterocycles. The highest BCUT2D eigenvalue weighted by Crippen LogP contribution is 2.19. The lowest BCUT2D eigenvalue weighted by Crippen LogP contribution is -2.02. The topological polar surface area (TPSA) is 43.6 Å². The fraction of sp³-hybridized carbons (Fsp3) is 0.133. The molecule has 3 aromatic rings. The van der Waals surface area contributed by atoms with Gasteiger partial charge in [0.1, 0.15) is 5.82 Å². The maximum absolute atomic E-state index is 13.5. The van der Waals surface area contributed by atoms with E-state index in [1.165, 1.54) is 6.07 Å². The number of thioether (sulfide) groups is 1. The van der Waals surface area contributed by atoms with E-state index in [1.807, 2.05) is 36.4 Å². The van der Waals surface area contributed by atoms with E-state index in [-0.39, 0.29) is 5.82 Å². The summed E-state index contributed by atoms with van der Waals surface area (Å²) in [5, 5.41) is 11.7. The Bertz CT molecular complexity index is 714. The molecule has 1 heterocycles. The van der Waals surface area contributed by atoms with Crippen LogP contribution in [0.25, 0.3) is 5.69 Å². The predicted octanol–water partition coefficient (Wildman–Crippen LogP) is 3.23. The van der Waals surface area contributed by atoms with Gasteiger partial charge in [-0.2, -0.15) is 4.68 Å². The van der Waals surface area contributed by atoms with Crippen LogP contribution in [0.15, 0.2) is 54.6 Å². The zero-order valence-corrected chi connectivity index (χ0v) is 12.0. The highest BCUT2D eigenvalue weighted by atomic mass is 32.2. The van der Waals surface area contributed by atoms with Gasteiger partial charge in [-0.15, -0.1) is 16.9 Å². The third-order valence-electron chi connectivity index (χ3n) is 2.98. The summed E-state index contributed by atoms with van der Waals surface area (Å²) >= 11 is 1.58. The molecule has 0 fully saturated rings. The Morgan fingerprint density at radius 1 is 0.952 bits per heavy atom. The molecule has 4 nitrogen and oxygen atoms in total. The summed E-state index contributed by atoms with van der Waals surface area (Å²) in [4.78, 5) is 0. The number of benzene rings is 2. The first-order valence-corrected chi connectivity index (χ1v) is 7.64. The van der Waals surface area contributed by atoms with E-state index in [1.54, 1.807) is 28.6 Å². The molecule has 21 heavy (non-hydrogen) atoms. The molecule has 0 saturated carbocycles. The number of halogens is 1. The monoisotopic (exact) mass is 300 g/mol. The van der Waals surface area contributed by atoms with Gasteiger partial charge >= 0.3 is 0 Å². The van der Waals surface area contributed by atoms with Crippen LogP contribution < -0.4 is 0 Å². The lowest BCUT2D eigenvalue weighted by atomic mass is 10.2. The van der Waals surface area contributed by atoms with Crippen LogP contribution in [-0.2, 0) is 11.5 Å². The molecule has 0 atom stereocenters. The van der Waals surface area contributed by atoms with Gasteiger partial charge in [0.15, 0.2) is 5.82 Å². The van der Waals surface area contributed by atoms with Crippen LogP contribution in [0, 0.1) is 5.82 Å². The van der Waals surface area contributed by atoms with E-state index in [9.17, 15) is 4.39 Å². The molecule has 0 spiro atoms. The summed E-state index contributed by atoms with van der Waals surface area (Å²) in [6, 6.07) is 16.5. The Hall–Kier alpha value is -2.21. The molecule has 0 aliphatic heterocycles. The van der Waals surface area contributed by atoms with Gasteiger partial charge in [0.25, 0.3) is 0 Å². The van der Waals surface area contributed by atoms with Crippen LogP contribution in [0.4, 0.5) is 4.39 Å². The second-order valence-electron chi connectivity index (χ2n) is 4.43. The lowest BCUT2D eigenvalue weighted by Gasteiger charge is -2.05. The van der Waals surface area contributed by atoms with Crippen LogP contribution in [0.1, 0.15) is 11.4 Å². The molecule has 0 amide bonds. The van der Waals surface area contributed by atoms with Crippen molar-refractivity contribution in [1.82, 2.24) is 20.2 Å². The molecule has 6 heteroatoms. The van der Waals surface area contributed by atoms with Gasteiger partial charge < -0.3 is 0 Å². The average molecular weight is 300 g/mol. The first kappa shape index (κ1) is 13.8. The van der Waals surface area contributed by atoms with E-state index in [2.05, 4.69) is 15.5 Å². The highest BCUT2D eigenvalue weighted by Gasteiger charge is 2.08. The molecule has 0 bridgehead atoms. The molecule has 106 valence electrons. The van der Waals surface area contributed by atoms with Crippen molar-refractivity contribution in [2.75, 3.05) is 0 Å². The summed E-state index contributed by atoms with van der Waals surface area (Å²) in [7, 11) is 0. The van der Waals surface area contributed by atoms with Gasteiger partial charge in [0.05, 0.1) is 11.4 Å². The minimum atomic E-state index is -0.173. The van der Waals surface area contributed by atoms with E-state index >= 15 is 0 Å². The van der Waals surface area contributed by atoms with Crippen LogP contribution >= 0.6 is 11.8 Å². The molecular weight excluding hydrogens is 287 g/mol. The Morgan fingerprint density at radius 2 is 1.71 bits per heavy atom. The van der Waals surface area contributed by atoms with Crippen LogP contribution in [0.2, 0.25) is 0 Å². The first-order chi connectivity index (χ1) is 10.3. The van der Waals surface area contributed by atoms with Crippen molar-refractivity contribution in [1.29, 1.82) is 0 Å². The van der Waals surface area contributed by atoms with Crippen molar-refractivity contribution in [3.8, 4) is 5.69 Å². The minimum Gasteiger partial charge on any atom is -0.207 e. The van der Waals surface area contributed by atoms with Crippen LogP contribution in [0.3, 0.4) is 0 Å². The predicted molar refractivity (Wildman–Crippen MR) is 80.6 cm³/mol. The average Bonchev–Trinajstić information content (AvgIpc) is 2.99. The van der Waals surface area contributed by atoms with E-state index in [0.717, 1.165) is 11.5 Å². The van der Waals surface area contributed by atoms with Crippen LogP contribution in [0.5, 0.6) is 0 Å². The number of hydrogen-bond donors (Lipinski definition) is 0. The van der Waals surface area contributed by atoms with Gasteiger partial charge in [-0.25, -0.2) is 4.39 Å². The fourth-order valence-electron chi connectivity index (χ4n) is 1.93. The maximum Gasteiger partial charge on any atom is 0.166 e. The van der Waals surface area contributed by atoms with Crippen molar-refractivity contribution in [2.45, 2.75) is 11.5 Å². The molecule has 0 aliphatic carbocycles. The van der Waals surface area contributed by atoms with Gasteiger partial charge in [-0.3, -0.25) is 0 Å². The maximum atomic E-state index is 13.5. The Labute approximate surface area is 126 Å². The van der Waals surface area contributed by atoms with Crippen molar-refractivity contribution < 1.29 is 4.39 Å². The van der Waals surface area contributed by atoms with Crippen molar-refractivity contribution in [3.63, 3.8) is 0 Å². The summed E-state index contributed by atoms with van der Waals surface area (Å²) in [6.07, 6.45) is 0. The standard InChI is InChI=1S/C15H13FN4S/c16-14-9-5-4-6-12(14)10-21-11-15-17-18-19-20(15)13-7-2-1-3-8-13/h1-9H,10-11H2. The molecule has 3 rings (SSSR count). The largest absolute Gasteiger partial charge is 0.207 e. The Morgan fingerprint density at radius 3 is 2.52 bits per heavy atom. The molecular formula is C15H13FN4S. The van der Waals surface area contributed by atoms with Crippen molar-refractivity contribution >= 4 is 11.8 Å². The molecule has 0 N–H and O–H groups in total. The summed E-state index contributed by atoms with van der Waals surface area (Å²) < 4.78 is 15.2. The lowest BCUT2D eigenvalue weighted by molar-refractivity contribution is 0.617. The normalized spacial score (nSPS) is 10.7. The number of tetrazole rings is 1. The fourth-order valence-corrected chi connectivity index (χ4v) is 2.85. The van der Waals surface area contributed by atoms with Gasteiger partial charge in [0, 0.05) is 5.75 Å². The number of para-hydroxylation sites is 1. The molecule has 2 aromatic carbocycles. The zero-order chi connectivity index (χ0) is 14.5. The minimum absolute atomic E-state index is 0.173. The van der Waals surface area contributed by atoms with E-state index in [0.29, 0.717) is 17.1 Å². The number of hydrogen-bond acceptors (Lipinski definition) is 4. The van der Waals surface area contributed by atoms with Crippen molar-refractivity contribution in [2.24, 2.45) is 0 Å². The quantitative estimate of drug-likeness (QED) is 0.725. The smallest absolute Gasteiger partial charge is 0.166 e. The number of nitrogens with zero attached hydrogens (tertiary/aromatic N) is 4. The number of rotatable bonds is 5. The highest BCUT2D eigenvalue weighted by molar-refractivity contribution is 7.97. The first-order valence-electron chi connectivity index (χ1n) is 6.48. The van der Waals surface area contributed by atoms with Gasteiger partial charge in [-0.05, 0) is 34.2 Å². The summed E-state index contributed by atoms with van der Waals surface area (Å²) in [5.41, 5.74) is 1.62. The Balaban J connectivity index is 1.67. The second-order valence-corrected chi connectivity index (χ2v) is 5.41. The number of aromatic nitrogens is 4. The second kappa shape index (κ2) is 6.49. The summed E-state index contributed by atoms with van der Waals surface area (Å²) in [6.45, 7) is 0. The third kappa shape index (κ3) is 3.28. The molecule has 0 radical (unpaired) electrons. The molecule has 0 saturated heterocycles. The molecule has 0 unspecified atom stereocenters. The Kier molecular flexibility index (Phi) is 4.25. The van der Waals surface area contributed by atoms with Crippen LogP contribution in [-0.4, -0.2) is 20.2 Å². The zero-order valence-electron chi connectivity index (χ0n) is 11.2. The van der Waals surface area contributed by atoms with E-state index in [4.69, 9.17) is 0 Å².